The zero-order valence-corrected chi connectivity index (χ0v) is 7.77. The fourth-order valence-electron chi connectivity index (χ4n) is 0.748. The Morgan fingerprint density at radius 2 is 2.29 bits per heavy atom. The Labute approximate surface area is 82.5 Å². The molecule has 0 atom stereocenters. The van der Waals surface area contributed by atoms with Crippen LogP contribution in [0.5, 0.6) is 5.88 Å². The molecule has 6 nitrogen and oxygen atoms in total. The summed E-state index contributed by atoms with van der Waals surface area (Å²) in [6, 6.07) is 0. The van der Waals surface area contributed by atoms with Gasteiger partial charge in [-0.3, -0.25) is 4.79 Å². The van der Waals surface area contributed by atoms with Gasteiger partial charge in [-0.05, 0) is 0 Å². The lowest BCUT2D eigenvalue weighted by Crippen LogP contribution is -2.13. The van der Waals surface area contributed by atoms with Crippen molar-refractivity contribution in [2.24, 2.45) is 5.73 Å². The van der Waals surface area contributed by atoms with Crippen molar-refractivity contribution < 1.29 is 15.7 Å². The molecule has 1 heterocycles. The molecule has 78 valence electrons. The highest BCUT2D eigenvalue weighted by molar-refractivity contribution is 5.90. The van der Waals surface area contributed by atoms with Crippen LogP contribution in [0.15, 0.2) is 12.4 Å². The molecule has 0 aliphatic rings. The molecule has 6 heteroatoms. The maximum atomic E-state index is 10.6. The molecule has 1 rings (SSSR count). The van der Waals surface area contributed by atoms with Crippen LogP contribution in [0.4, 0.5) is 0 Å². The predicted molar refractivity (Wildman–Crippen MR) is 50.0 cm³/mol. The number of carbonyl (C=O) groups is 1. The molecule has 0 aliphatic carbocycles. The molecule has 0 unspecified atom stereocenters. The standard InChI is InChI=1S/C8H11N3O3.H2/c1-13-2-3-14-7-5-10-6(4-11-7)8(9)12;/h4-5H,2-3H2,1H3,(H2,9,12);1H. The molecule has 0 bridgehead atoms. The summed E-state index contributed by atoms with van der Waals surface area (Å²) in [5, 5.41) is 0. The Kier molecular flexibility index (Phi) is 3.81. The number of hydrogen-bond donors (Lipinski definition) is 1. The van der Waals surface area contributed by atoms with Crippen LogP contribution in [0.1, 0.15) is 11.9 Å². The monoisotopic (exact) mass is 199 g/mol. The first kappa shape index (κ1) is 10.4. The Bertz CT molecular complexity index is 305. The maximum Gasteiger partial charge on any atom is 0.268 e. The molecule has 0 saturated heterocycles. The van der Waals surface area contributed by atoms with Crippen LogP contribution >= 0.6 is 0 Å². The van der Waals surface area contributed by atoms with Crippen LogP contribution in [0.2, 0.25) is 0 Å². The lowest BCUT2D eigenvalue weighted by atomic mass is 10.4. The summed E-state index contributed by atoms with van der Waals surface area (Å²) in [6.45, 7) is 0.861. The van der Waals surface area contributed by atoms with Gasteiger partial charge in [-0.1, -0.05) is 0 Å². The number of amides is 1. The number of aromatic nitrogens is 2. The smallest absolute Gasteiger partial charge is 0.268 e. The molecular formula is C8H13N3O3. The van der Waals surface area contributed by atoms with E-state index in [-0.39, 0.29) is 7.12 Å². The minimum atomic E-state index is -0.610. The average molecular weight is 199 g/mol. The maximum absolute atomic E-state index is 10.6. The number of rotatable bonds is 5. The van der Waals surface area contributed by atoms with Gasteiger partial charge in [0.25, 0.3) is 5.91 Å². The number of carbonyl (C=O) groups excluding carboxylic acids is 1. The Hall–Kier alpha value is -1.69. The van der Waals surface area contributed by atoms with Gasteiger partial charge in [0, 0.05) is 8.54 Å². The third-order valence-corrected chi connectivity index (χ3v) is 1.42. The molecule has 0 fully saturated rings. The molecule has 1 amide bonds. The summed E-state index contributed by atoms with van der Waals surface area (Å²) in [4.78, 5) is 18.2. The van der Waals surface area contributed by atoms with E-state index in [9.17, 15) is 4.79 Å². The highest BCUT2D eigenvalue weighted by Crippen LogP contribution is 2.02. The van der Waals surface area contributed by atoms with E-state index in [4.69, 9.17) is 15.2 Å². The molecule has 1 aromatic heterocycles. The predicted octanol–water partition coefficient (Wildman–Crippen LogP) is -0.153. The van der Waals surface area contributed by atoms with E-state index < -0.39 is 5.91 Å². The van der Waals surface area contributed by atoms with Crippen molar-refractivity contribution in [3.05, 3.63) is 18.1 Å². The average Bonchev–Trinajstić information content (AvgIpc) is 2.19. The second-order valence-corrected chi connectivity index (χ2v) is 2.45. The van der Waals surface area contributed by atoms with Crippen molar-refractivity contribution in [3.8, 4) is 5.88 Å². The fourth-order valence-corrected chi connectivity index (χ4v) is 0.748. The van der Waals surface area contributed by atoms with E-state index in [2.05, 4.69) is 9.97 Å². The topological polar surface area (TPSA) is 87.3 Å². The minimum absolute atomic E-state index is 0. The van der Waals surface area contributed by atoms with Crippen molar-refractivity contribution in [1.82, 2.24) is 9.97 Å². The van der Waals surface area contributed by atoms with Gasteiger partial charge in [0.05, 0.1) is 19.0 Å². The van der Waals surface area contributed by atoms with Crippen molar-refractivity contribution in [2.75, 3.05) is 20.3 Å². The summed E-state index contributed by atoms with van der Waals surface area (Å²) in [6.07, 6.45) is 2.61. The number of nitrogens with zero attached hydrogens (tertiary/aromatic N) is 2. The van der Waals surface area contributed by atoms with E-state index in [1.807, 2.05) is 0 Å². The summed E-state index contributed by atoms with van der Waals surface area (Å²) >= 11 is 0. The van der Waals surface area contributed by atoms with E-state index in [1.54, 1.807) is 7.11 Å². The van der Waals surface area contributed by atoms with E-state index in [0.717, 1.165) is 0 Å². The number of nitrogens with two attached hydrogens (primary N) is 1. The molecule has 0 aliphatic heterocycles. The first-order chi connectivity index (χ1) is 6.74. The van der Waals surface area contributed by atoms with Gasteiger partial charge in [-0.15, -0.1) is 0 Å². The minimum Gasteiger partial charge on any atom is -0.474 e. The Morgan fingerprint density at radius 1 is 1.50 bits per heavy atom. The first-order valence-electron chi connectivity index (χ1n) is 3.97. The van der Waals surface area contributed by atoms with Crippen molar-refractivity contribution in [3.63, 3.8) is 0 Å². The molecule has 0 aromatic carbocycles. The lowest BCUT2D eigenvalue weighted by Gasteiger charge is -2.03. The number of methoxy groups -OCH3 is 1. The summed E-state index contributed by atoms with van der Waals surface area (Å²) in [7, 11) is 1.57. The third kappa shape index (κ3) is 2.98. The number of primary amides is 1. The summed E-state index contributed by atoms with van der Waals surface area (Å²) in [5.41, 5.74) is 5.10. The largest absolute Gasteiger partial charge is 0.474 e. The fraction of sp³-hybridized carbons (Fsp3) is 0.375. The lowest BCUT2D eigenvalue weighted by molar-refractivity contribution is 0.0994. The number of hydrogen-bond acceptors (Lipinski definition) is 5. The van der Waals surface area contributed by atoms with Gasteiger partial charge in [-0.2, -0.15) is 0 Å². The summed E-state index contributed by atoms with van der Waals surface area (Å²) < 4.78 is 9.91. The highest BCUT2D eigenvalue weighted by atomic mass is 16.5. The van der Waals surface area contributed by atoms with Crippen LogP contribution in [0.25, 0.3) is 0 Å². The summed E-state index contributed by atoms with van der Waals surface area (Å²) in [5.74, 6) is -0.270. The quantitative estimate of drug-likeness (QED) is 0.666. The second kappa shape index (κ2) is 5.13. The normalized spacial score (nSPS) is 9.79. The first-order valence-corrected chi connectivity index (χ1v) is 3.97. The highest BCUT2D eigenvalue weighted by Gasteiger charge is 2.02. The van der Waals surface area contributed by atoms with Crippen molar-refractivity contribution in [1.29, 1.82) is 0 Å². The molecule has 0 spiro atoms. The van der Waals surface area contributed by atoms with Gasteiger partial charge in [0.1, 0.15) is 12.3 Å². The van der Waals surface area contributed by atoms with Crippen molar-refractivity contribution in [2.45, 2.75) is 0 Å². The van der Waals surface area contributed by atoms with E-state index in [0.29, 0.717) is 19.1 Å². The number of ether oxygens (including phenoxy) is 2. The van der Waals surface area contributed by atoms with Crippen LogP contribution in [-0.2, 0) is 4.74 Å². The third-order valence-electron chi connectivity index (χ3n) is 1.42. The van der Waals surface area contributed by atoms with Crippen LogP contribution in [0.3, 0.4) is 0 Å². The van der Waals surface area contributed by atoms with Gasteiger partial charge < -0.3 is 15.2 Å². The van der Waals surface area contributed by atoms with Crippen LogP contribution in [0, 0.1) is 0 Å². The van der Waals surface area contributed by atoms with Gasteiger partial charge in [0.15, 0.2) is 0 Å². The Balaban J connectivity index is 0.00000196. The molecule has 14 heavy (non-hydrogen) atoms. The second-order valence-electron chi connectivity index (χ2n) is 2.45. The van der Waals surface area contributed by atoms with Gasteiger partial charge >= 0.3 is 0 Å². The zero-order chi connectivity index (χ0) is 10.4. The van der Waals surface area contributed by atoms with Gasteiger partial charge in [0.2, 0.25) is 5.88 Å². The van der Waals surface area contributed by atoms with Crippen LogP contribution in [-0.4, -0.2) is 36.2 Å². The van der Waals surface area contributed by atoms with Crippen molar-refractivity contribution >= 4 is 5.91 Å². The Morgan fingerprint density at radius 3 is 2.79 bits per heavy atom. The van der Waals surface area contributed by atoms with E-state index >= 15 is 0 Å². The molecule has 2 N–H and O–H groups in total. The van der Waals surface area contributed by atoms with Crippen LogP contribution < -0.4 is 10.5 Å². The van der Waals surface area contributed by atoms with Gasteiger partial charge in [-0.25, -0.2) is 9.97 Å². The molecule has 0 saturated carbocycles. The van der Waals surface area contributed by atoms with E-state index in [1.165, 1.54) is 12.4 Å². The molecule has 1 aromatic rings. The molecular weight excluding hydrogens is 186 g/mol. The molecule has 0 radical (unpaired) electrons. The zero-order valence-electron chi connectivity index (χ0n) is 7.77. The SMILES string of the molecule is COCCOc1cnc(C(N)=O)cn1.[HH].